The lowest BCUT2D eigenvalue weighted by Gasteiger charge is -2.23. The van der Waals surface area contributed by atoms with Crippen molar-refractivity contribution < 1.29 is 10.2 Å². The second kappa shape index (κ2) is 3.15. The summed E-state index contributed by atoms with van der Waals surface area (Å²) in [5, 5.41) is 17.7. The van der Waals surface area contributed by atoms with Gasteiger partial charge in [0.25, 0.3) is 0 Å². The Morgan fingerprint density at radius 2 is 2.00 bits per heavy atom. The van der Waals surface area contributed by atoms with Gasteiger partial charge in [-0.2, -0.15) is 0 Å². The molecule has 1 atom stereocenters. The van der Waals surface area contributed by atoms with Crippen molar-refractivity contribution in [2.45, 2.75) is 38.5 Å². The minimum atomic E-state index is -1.71. The van der Waals surface area contributed by atoms with Crippen molar-refractivity contribution in [2.24, 2.45) is 5.73 Å². The van der Waals surface area contributed by atoms with Crippen LogP contribution >= 0.6 is 0 Å². The van der Waals surface area contributed by atoms with E-state index in [0.29, 0.717) is 6.42 Å². The van der Waals surface area contributed by atoms with Gasteiger partial charge in [-0.05, 0) is 13.3 Å². The van der Waals surface area contributed by atoms with Crippen LogP contribution in [-0.2, 0) is 0 Å². The van der Waals surface area contributed by atoms with E-state index in [4.69, 9.17) is 15.9 Å². The average molecular weight is 133 g/mol. The predicted molar refractivity (Wildman–Crippen MR) is 35.7 cm³/mol. The molecule has 3 nitrogen and oxygen atoms in total. The molecule has 4 N–H and O–H groups in total. The van der Waals surface area contributed by atoms with Crippen molar-refractivity contribution in [3.8, 4) is 0 Å². The second-order valence-corrected chi connectivity index (χ2v) is 2.49. The van der Waals surface area contributed by atoms with Crippen molar-refractivity contribution in [1.82, 2.24) is 0 Å². The van der Waals surface area contributed by atoms with Crippen molar-refractivity contribution in [3.05, 3.63) is 0 Å². The molecule has 0 spiro atoms. The summed E-state index contributed by atoms with van der Waals surface area (Å²) in [6.07, 6.45) is 1.52. The molecule has 0 aromatic heterocycles. The Bertz CT molecular complexity index is 77.6. The molecule has 0 fully saturated rings. The van der Waals surface area contributed by atoms with Crippen LogP contribution in [0.1, 0.15) is 26.7 Å². The highest BCUT2D eigenvalue weighted by molar-refractivity contribution is 4.72. The van der Waals surface area contributed by atoms with E-state index in [9.17, 15) is 0 Å². The molecule has 1 unspecified atom stereocenters. The summed E-state index contributed by atoms with van der Waals surface area (Å²) in [5.74, 6) is -1.71. The zero-order valence-corrected chi connectivity index (χ0v) is 5.96. The van der Waals surface area contributed by atoms with Crippen LogP contribution in [0, 0.1) is 0 Å². The molecule has 0 aliphatic carbocycles. The van der Waals surface area contributed by atoms with E-state index in [1.807, 2.05) is 6.92 Å². The van der Waals surface area contributed by atoms with Gasteiger partial charge in [0, 0.05) is 0 Å². The molecule has 0 aliphatic heterocycles. The summed E-state index contributed by atoms with van der Waals surface area (Å²) >= 11 is 0. The molecule has 0 rings (SSSR count). The Balaban J connectivity index is 3.59. The van der Waals surface area contributed by atoms with Crippen LogP contribution in [0.15, 0.2) is 0 Å². The highest BCUT2D eigenvalue weighted by Gasteiger charge is 2.23. The largest absolute Gasteiger partial charge is 0.365 e. The Morgan fingerprint density at radius 1 is 1.56 bits per heavy atom. The first-order chi connectivity index (χ1) is 3.98. The molecule has 0 heterocycles. The van der Waals surface area contributed by atoms with Crippen LogP contribution in [0.3, 0.4) is 0 Å². The third-order valence-electron chi connectivity index (χ3n) is 1.30. The zero-order valence-electron chi connectivity index (χ0n) is 5.96. The van der Waals surface area contributed by atoms with E-state index in [2.05, 4.69) is 0 Å². The number of rotatable bonds is 3. The number of aliphatic hydroxyl groups is 2. The van der Waals surface area contributed by atoms with Crippen LogP contribution in [0.25, 0.3) is 0 Å². The number of hydrogen-bond acceptors (Lipinski definition) is 3. The highest BCUT2D eigenvalue weighted by atomic mass is 16.5. The normalized spacial score (nSPS) is 15.7. The van der Waals surface area contributed by atoms with Crippen LogP contribution in [0.5, 0.6) is 0 Å². The summed E-state index contributed by atoms with van der Waals surface area (Å²) in [7, 11) is 0. The number of nitrogens with two attached hydrogens (primary N) is 1. The first-order valence-electron chi connectivity index (χ1n) is 3.18. The molecule has 0 radical (unpaired) electrons. The zero-order chi connectivity index (χ0) is 7.49. The van der Waals surface area contributed by atoms with Crippen molar-refractivity contribution in [3.63, 3.8) is 0 Å². The fraction of sp³-hybridized carbons (Fsp3) is 1.00. The maximum Gasteiger partial charge on any atom is 0.175 e. The van der Waals surface area contributed by atoms with Crippen LogP contribution in [0.2, 0.25) is 0 Å². The van der Waals surface area contributed by atoms with Crippen LogP contribution in [0.4, 0.5) is 0 Å². The molecule has 0 saturated carbocycles. The lowest BCUT2D eigenvalue weighted by Crippen LogP contribution is -2.45. The van der Waals surface area contributed by atoms with Crippen LogP contribution in [-0.4, -0.2) is 22.0 Å². The molecule has 3 heteroatoms. The Morgan fingerprint density at radius 3 is 2.11 bits per heavy atom. The Hall–Kier alpha value is -0.120. The average Bonchev–Trinajstić information content (AvgIpc) is 1.64. The Kier molecular flexibility index (Phi) is 3.11. The van der Waals surface area contributed by atoms with E-state index in [1.165, 1.54) is 6.92 Å². The summed E-state index contributed by atoms with van der Waals surface area (Å²) in [6, 6.07) is -0.525. The fourth-order valence-electron chi connectivity index (χ4n) is 0.584. The maximum atomic E-state index is 8.85. The van der Waals surface area contributed by atoms with Gasteiger partial charge >= 0.3 is 0 Å². The molecule has 0 aromatic rings. The monoisotopic (exact) mass is 133 g/mol. The summed E-state index contributed by atoms with van der Waals surface area (Å²) in [6.45, 7) is 3.25. The van der Waals surface area contributed by atoms with Gasteiger partial charge < -0.3 is 15.9 Å². The van der Waals surface area contributed by atoms with Crippen LogP contribution < -0.4 is 5.73 Å². The molecule has 0 bridgehead atoms. The minimum absolute atomic E-state index is 0.525. The lowest BCUT2D eigenvalue weighted by atomic mass is 10.1. The summed E-state index contributed by atoms with van der Waals surface area (Å²) in [5.41, 5.74) is 5.36. The van der Waals surface area contributed by atoms with E-state index >= 15 is 0 Å². The van der Waals surface area contributed by atoms with E-state index in [-0.39, 0.29) is 0 Å². The highest BCUT2D eigenvalue weighted by Crippen LogP contribution is 2.07. The van der Waals surface area contributed by atoms with Gasteiger partial charge in [0.1, 0.15) is 0 Å². The van der Waals surface area contributed by atoms with Gasteiger partial charge in [0.05, 0.1) is 6.04 Å². The van der Waals surface area contributed by atoms with Gasteiger partial charge in [-0.25, -0.2) is 0 Å². The van der Waals surface area contributed by atoms with E-state index in [0.717, 1.165) is 6.42 Å². The standard InChI is InChI=1S/C6H15NO2/c1-3-4-5(7)6(2,8)9/h5,8-9H,3-4,7H2,1-2H3. The van der Waals surface area contributed by atoms with Gasteiger partial charge in [-0.15, -0.1) is 0 Å². The van der Waals surface area contributed by atoms with Gasteiger partial charge in [0.15, 0.2) is 5.79 Å². The third-order valence-corrected chi connectivity index (χ3v) is 1.30. The van der Waals surface area contributed by atoms with E-state index < -0.39 is 11.8 Å². The number of hydrogen-bond donors (Lipinski definition) is 3. The first kappa shape index (κ1) is 8.88. The first-order valence-corrected chi connectivity index (χ1v) is 3.18. The molecular weight excluding hydrogens is 118 g/mol. The quantitative estimate of drug-likeness (QED) is 0.468. The molecule has 0 aliphatic rings. The van der Waals surface area contributed by atoms with Gasteiger partial charge in [-0.1, -0.05) is 13.3 Å². The molecule has 9 heavy (non-hydrogen) atoms. The molecular formula is C6H15NO2. The third kappa shape index (κ3) is 3.46. The van der Waals surface area contributed by atoms with Gasteiger partial charge in [0.2, 0.25) is 0 Å². The second-order valence-electron chi connectivity index (χ2n) is 2.49. The fourth-order valence-corrected chi connectivity index (χ4v) is 0.584. The Labute approximate surface area is 55.5 Å². The summed E-state index contributed by atoms with van der Waals surface area (Å²) < 4.78 is 0. The lowest BCUT2D eigenvalue weighted by molar-refractivity contribution is -0.161. The molecule has 0 saturated heterocycles. The maximum absolute atomic E-state index is 8.85. The molecule has 0 aromatic carbocycles. The SMILES string of the molecule is CCCC(N)C(C)(O)O. The smallest absolute Gasteiger partial charge is 0.175 e. The van der Waals surface area contributed by atoms with Gasteiger partial charge in [-0.3, -0.25) is 0 Å². The topological polar surface area (TPSA) is 66.5 Å². The van der Waals surface area contributed by atoms with Crippen molar-refractivity contribution in [2.75, 3.05) is 0 Å². The summed E-state index contributed by atoms with van der Waals surface area (Å²) in [4.78, 5) is 0. The minimum Gasteiger partial charge on any atom is -0.365 e. The van der Waals surface area contributed by atoms with E-state index in [1.54, 1.807) is 0 Å². The molecule has 56 valence electrons. The van der Waals surface area contributed by atoms with Crippen molar-refractivity contribution >= 4 is 0 Å². The molecule has 0 amide bonds. The predicted octanol–water partition coefficient (Wildman–Crippen LogP) is -0.185. The van der Waals surface area contributed by atoms with Crippen molar-refractivity contribution in [1.29, 1.82) is 0 Å².